The molecule has 34 heavy (non-hydrogen) atoms. The number of phenols is 1. The lowest BCUT2D eigenvalue weighted by atomic mass is 9.83. The van der Waals surface area contributed by atoms with Gasteiger partial charge in [-0.2, -0.15) is 0 Å². The zero-order valence-corrected chi connectivity index (χ0v) is 18.3. The van der Waals surface area contributed by atoms with Gasteiger partial charge >= 0.3 is 5.97 Å². The highest BCUT2D eigenvalue weighted by Gasteiger charge is 2.48. The molecule has 0 bridgehead atoms. The molecule has 0 spiro atoms. The van der Waals surface area contributed by atoms with E-state index in [1.807, 2.05) is 6.07 Å². The molecule has 3 rings (SSSR count). The van der Waals surface area contributed by atoms with Crippen LogP contribution < -0.4 is 4.74 Å². The summed E-state index contributed by atoms with van der Waals surface area (Å²) in [5, 5.41) is 68.6. The summed E-state index contributed by atoms with van der Waals surface area (Å²) in [4.78, 5) is 11.3. The Balaban J connectivity index is 1.70. The monoisotopic (exact) mass is 478 g/mol. The number of ether oxygens (including phenoxy) is 2. The van der Waals surface area contributed by atoms with Crippen LogP contribution in [0, 0.1) is 11.8 Å². The fraction of sp³-hybridized carbons (Fsp3) is 0.458. The summed E-state index contributed by atoms with van der Waals surface area (Å²) in [6, 6.07) is 13.3. The number of phenolic OH excluding ortho intramolecular Hbond substituents is 1. The Morgan fingerprint density at radius 2 is 1.47 bits per heavy atom. The summed E-state index contributed by atoms with van der Waals surface area (Å²) in [6.45, 7) is -0.361. The van der Waals surface area contributed by atoms with E-state index in [-0.39, 0.29) is 36.5 Å². The van der Waals surface area contributed by atoms with Gasteiger partial charge in [-0.1, -0.05) is 24.3 Å². The molecule has 1 heterocycles. The number of rotatable bonds is 10. The number of carboxylic acids is 1. The third-order valence-electron chi connectivity index (χ3n) is 6.01. The first-order chi connectivity index (χ1) is 16.2. The van der Waals surface area contributed by atoms with Crippen molar-refractivity contribution in [2.45, 2.75) is 43.5 Å². The van der Waals surface area contributed by atoms with E-state index in [1.54, 1.807) is 42.5 Å². The van der Waals surface area contributed by atoms with Crippen molar-refractivity contribution in [2.24, 2.45) is 11.8 Å². The van der Waals surface area contributed by atoms with Crippen LogP contribution in [0.2, 0.25) is 0 Å². The number of aliphatic carboxylic acids is 1. The van der Waals surface area contributed by atoms with Crippen molar-refractivity contribution in [3.63, 3.8) is 0 Å². The first kappa shape index (κ1) is 25.9. The first-order valence-corrected chi connectivity index (χ1v) is 10.9. The molecule has 0 saturated carbocycles. The van der Waals surface area contributed by atoms with Crippen LogP contribution in [0.25, 0.3) is 0 Å². The topological polar surface area (TPSA) is 177 Å². The fourth-order valence-corrected chi connectivity index (χ4v) is 4.08. The predicted octanol–water partition coefficient (Wildman–Crippen LogP) is -0.335. The zero-order chi connectivity index (χ0) is 24.8. The zero-order valence-electron chi connectivity index (χ0n) is 18.3. The second-order valence-corrected chi connectivity index (χ2v) is 8.46. The SMILES string of the molecule is O=C(O)[C@H]1O[C@@H](Oc2cccc(C[C@@H](CO)[C@H](CO)Cc3cccc(O)c3)c2)[C@H](O)[C@@H](O)[C@@H]1O. The Kier molecular flexibility index (Phi) is 8.84. The van der Waals surface area contributed by atoms with Crippen LogP contribution in [0.4, 0.5) is 0 Å². The summed E-state index contributed by atoms with van der Waals surface area (Å²) in [6.07, 6.45) is -7.74. The maximum absolute atomic E-state index is 11.3. The number of carboxylic acid groups (broad SMARTS) is 1. The summed E-state index contributed by atoms with van der Waals surface area (Å²) >= 11 is 0. The van der Waals surface area contributed by atoms with E-state index >= 15 is 0 Å². The molecule has 1 saturated heterocycles. The van der Waals surface area contributed by atoms with Gasteiger partial charge in [-0.25, -0.2) is 4.79 Å². The van der Waals surface area contributed by atoms with Crippen LogP contribution in [0.15, 0.2) is 48.5 Å². The van der Waals surface area contributed by atoms with Crippen molar-refractivity contribution in [3.8, 4) is 11.5 Å². The summed E-state index contributed by atoms with van der Waals surface area (Å²) in [7, 11) is 0. The predicted molar refractivity (Wildman–Crippen MR) is 118 cm³/mol. The molecule has 7 N–H and O–H groups in total. The third-order valence-corrected chi connectivity index (χ3v) is 6.01. The highest BCUT2D eigenvalue weighted by Crippen LogP contribution is 2.27. The van der Waals surface area contributed by atoms with Crippen LogP contribution in [0.1, 0.15) is 11.1 Å². The normalized spacial score (nSPS) is 26.6. The van der Waals surface area contributed by atoms with Crippen molar-refractivity contribution in [3.05, 3.63) is 59.7 Å². The minimum absolute atomic E-state index is 0.120. The molecule has 2 aromatic rings. The second kappa shape index (κ2) is 11.6. The van der Waals surface area contributed by atoms with E-state index in [1.165, 1.54) is 0 Å². The molecule has 10 nitrogen and oxygen atoms in total. The molecule has 0 aliphatic carbocycles. The fourth-order valence-electron chi connectivity index (χ4n) is 4.08. The van der Waals surface area contributed by atoms with E-state index < -0.39 is 36.7 Å². The van der Waals surface area contributed by atoms with E-state index in [9.17, 15) is 40.5 Å². The number of carbonyl (C=O) groups is 1. The highest BCUT2D eigenvalue weighted by atomic mass is 16.7. The van der Waals surface area contributed by atoms with Gasteiger partial charge in [0, 0.05) is 13.2 Å². The van der Waals surface area contributed by atoms with Gasteiger partial charge in [-0.15, -0.1) is 0 Å². The van der Waals surface area contributed by atoms with Gasteiger partial charge < -0.3 is 45.2 Å². The maximum Gasteiger partial charge on any atom is 0.335 e. The van der Waals surface area contributed by atoms with Gasteiger partial charge in [0.1, 0.15) is 29.8 Å². The van der Waals surface area contributed by atoms with E-state index in [0.717, 1.165) is 11.1 Å². The minimum Gasteiger partial charge on any atom is -0.508 e. The van der Waals surface area contributed by atoms with Crippen molar-refractivity contribution >= 4 is 5.97 Å². The number of aliphatic hydroxyl groups is 5. The number of benzene rings is 2. The molecule has 0 unspecified atom stereocenters. The molecule has 7 atom stereocenters. The van der Waals surface area contributed by atoms with Crippen LogP contribution >= 0.6 is 0 Å². The maximum atomic E-state index is 11.3. The molecule has 0 amide bonds. The molecule has 2 aromatic carbocycles. The Hall–Kier alpha value is -2.73. The average Bonchev–Trinajstić information content (AvgIpc) is 2.81. The Bertz CT molecular complexity index is 951. The largest absolute Gasteiger partial charge is 0.508 e. The number of aliphatic hydroxyl groups excluding tert-OH is 5. The molecule has 1 aliphatic rings. The third kappa shape index (κ3) is 6.23. The number of hydrogen-bond donors (Lipinski definition) is 7. The standard InChI is InChI=1S/C24H30O10/c25-11-15(7-13-3-1-5-17(27)9-13)16(12-26)8-14-4-2-6-18(10-14)33-24-21(30)19(28)20(29)22(34-24)23(31)32/h1-6,9-10,15-16,19-22,24-30H,7-8,11-12H2,(H,31,32)/t15-,16-,19-,20-,21+,22-,24+/m0/s1. The van der Waals surface area contributed by atoms with Gasteiger partial charge in [0.05, 0.1) is 0 Å². The molecule has 10 heteroatoms. The molecular formula is C24H30O10. The van der Waals surface area contributed by atoms with Crippen LogP contribution in [0.5, 0.6) is 11.5 Å². The second-order valence-electron chi connectivity index (χ2n) is 8.46. The molecule has 186 valence electrons. The Labute approximate surface area is 196 Å². The van der Waals surface area contributed by atoms with E-state index in [4.69, 9.17) is 9.47 Å². The Morgan fingerprint density at radius 3 is 2.03 bits per heavy atom. The lowest BCUT2D eigenvalue weighted by molar-refractivity contribution is -0.271. The van der Waals surface area contributed by atoms with Crippen molar-refractivity contribution < 1.29 is 50.0 Å². The minimum atomic E-state index is -1.81. The number of aromatic hydroxyl groups is 1. The lowest BCUT2D eigenvalue weighted by Crippen LogP contribution is -2.61. The quantitative estimate of drug-likeness (QED) is 0.239. The molecule has 1 fully saturated rings. The van der Waals surface area contributed by atoms with Crippen LogP contribution in [-0.2, 0) is 22.4 Å². The molecule has 1 aliphatic heterocycles. The van der Waals surface area contributed by atoms with Crippen LogP contribution in [-0.4, -0.2) is 85.6 Å². The van der Waals surface area contributed by atoms with Gasteiger partial charge in [-0.05, 0) is 60.1 Å². The van der Waals surface area contributed by atoms with Crippen LogP contribution in [0.3, 0.4) is 0 Å². The van der Waals surface area contributed by atoms with Gasteiger partial charge in [-0.3, -0.25) is 0 Å². The molecular weight excluding hydrogens is 448 g/mol. The van der Waals surface area contributed by atoms with Crippen molar-refractivity contribution in [1.82, 2.24) is 0 Å². The van der Waals surface area contributed by atoms with E-state index in [0.29, 0.717) is 12.8 Å². The first-order valence-electron chi connectivity index (χ1n) is 10.9. The number of hydrogen-bond acceptors (Lipinski definition) is 9. The molecule has 0 aromatic heterocycles. The molecule has 0 radical (unpaired) electrons. The van der Waals surface area contributed by atoms with Crippen molar-refractivity contribution in [2.75, 3.05) is 13.2 Å². The highest BCUT2D eigenvalue weighted by molar-refractivity contribution is 5.73. The summed E-state index contributed by atoms with van der Waals surface area (Å²) in [5.41, 5.74) is 1.57. The lowest BCUT2D eigenvalue weighted by Gasteiger charge is -2.38. The average molecular weight is 478 g/mol. The van der Waals surface area contributed by atoms with Gasteiger partial charge in [0.2, 0.25) is 6.29 Å². The van der Waals surface area contributed by atoms with Crippen molar-refractivity contribution in [1.29, 1.82) is 0 Å². The van der Waals surface area contributed by atoms with E-state index in [2.05, 4.69) is 0 Å². The summed E-state index contributed by atoms with van der Waals surface area (Å²) < 4.78 is 10.7. The van der Waals surface area contributed by atoms with Gasteiger partial charge in [0.25, 0.3) is 0 Å². The smallest absolute Gasteiger partial charge is 0.335 e. The van der Waals surface area contributed by atoms with Gasteiger partial charge in [0.15, 0.2) is 6.10 Å². The summed E-state index contributed by atoms with van der Waals surface area (Å²) in [5.74, 6) is -1.76. The Morgan fingerprint density at radius 1 is 0.882 bits per heavy atom.